The van der Waals surface area contributed by atoms with Gasteiger partial charge in [-0.05, 0) is 24.6 Å². The van der Waals surface area contributed by atoms with Crippen LogP contribution in [0.25, 0.3) is 28.1 Å². The minimum atomic E-state index is 0.0630. The van der Waals surface area contributed by atoms with Gasteiger partial charge in [-0.15, -0.1) is 5.10 Å². The number of ether oxygens (including phenoxy) is 1. The van der Waals surface area contributed by atoms with Gasteiger partial charge in [0.15, 0.2) is 11.4 Å². The van der Waals surface area contributed by atoms with Gasteiger partial charge >= 0.3 is 0 Å². The van der Waals surface area contributed by atoms with Crippen molar-refractivity contribution in [2.24, 2.45) is 11.8 Å². The molecule has 2 atom stereocenters. The molecule has 1 saturated carbocycles. The summed E-state index contributed by atoms with van der Waals surface area (Å²) in [7, 11) is 0. The third-order valence-electron chi connectivity index (χ3n) is 5.44. The number of carbonyl (C=O) groups excluding carboxylic acids is 1. The maximum Gasteiger partial charge on any atom is 0.231 e. The molecular formula is C21H19N3O3. The molecule has 136 valence electrons. The number of hydrogen-bond acceptors (Lipinski definition) is 5. The Morgan fingerprint density at radius 2 is 2.15 bits per heavy atom. The molecule has 0 bridgehead atoms. The average Bonchev–Trinajstić information content (AvgIpc) is 3.37. The molecule has 0 radical (unpaired) electrons. The fourth-order valence-corrected chi connectivity index (χ4v) is 3.70. The number of furan rings is 1. The van der Waals surface area contributed by atoms with E-state index in [0.717, 1.165) is 28.7 Å². The lowest BCUT2D eigenvalue weighted by Gasteiger charge is -2.14. The van der Waals surface area contributed by atoms with Crippen molar-refractivity contribution in [3.63, 3.8) is 0 Å². The molecule has 1 aromatic carbocycles. The lowest BCUT2D eigenvalue weighted by atomic mass is 9.99. The van der Waals surface area contributed by atoms with Crippen LogP contribution in [0.15, 0.2) is 53.1 Å². The van der Waals surface area contributed by atoms with Crippen molar-refractivity contribution in [1.29, 1.82) is 0 Å². The van der Waals surface area contributed by atoms with E-state index in [1.54, 1.807) is 10.7 Å². The number of Topliss-reactive ketones (excluding diaryl/α,β-unsaturated/α-hetero) is 1. The number of carbonyl (C=O) groups is 1. The van der Waals surface area contributed by atoms with Crippen LogP contribution in [0.4, 0.5) is 0 Å². The van der Waals surface area contributed by atoms with Crippen LogP contribution >= 0.6 is 0 Å². The predicted molar refractivity (Wildman–Crippen MR) is 101 cm³/mol. The van der Waals surface area contributed by atoms with Crippen LogP contribution in [-0.2, 0) is 4.79 Å². The minimum Gasteiger partial charge on any atom is -0.476 e. The Balaban J connectivity index is 1.44. The molecule has 5 rings (SSSR count). The van der Waals surface area contributed by atoms with Gasteiger partial charge in [-0.1, -0.05) is 25.1 Å². The number of nitrogens with zero attached hydrogens (tertiary/aromatic N) is 3. The number of para-hydroxylation sites is 1. The van der Waals surface area contributed by atoms with Gasteiger partial charge in [0.2, 0.25) is 5.88 Å². The number of imidazole rings is 1. The standard InChI is InChI=1S/C21H19N3O3/c1-13-15(6-7-17(13)25)12-26-21-9-8-20-22-11-16(24(20)23-21)19-10-14-4-2-3-5-18(14)27-19/h2-5,8-11,13,15H,6-7,12H2,1H3/t13?,15-/m0/s1. The molecule has 1 aliphatic rings. The number of benzene rings is 1. The normalized spacial score (nSPS) is 20.0. The lowest BCUT2D eigenvalue weighted by Crippen LogP contribution is -2.18. The average molecular weight is 361 g/mol. The molecule has 1 aliphatic carbocycles. The molecule has 0 amide bonds. The zero-order valence-corrected chi connectivity index (χ0v) is 15.0. The molecule has 0 spiro atoms. The number of hydrogen-bond donors (Lipinski definition) is 0. The van der Waals surface area contributed by atoms with Crippen molar-refractivity contribution in [2.45, 2.75) is 19.8 Å². The van der Waals surface area contributed by atoms with Gasteiger partial charge in [0.1, 0.15) is 17.1 Å². The Labute approximate surface area is 155 Å². The van der Waals surface area contributed by atoms with Gasteiger partial charge < -0.3 is 9.15 Å². The number of aromatic nitrogens is 3. The lowest BCUT2D eigenvalue weighted by molar-refractivity contribution is -0.120. The Morgan fingerprint density at radius 1 is 1.26 bits per heavy atom. The summed E-state index contributed by atoms with van der Waals surface area (Å²) < 4.78 is 13.6. The van der Waals surface area contributed by atoms with Gasteiger partial charge in [0, 0.05) is 29.7 Å². The maximum absolute atomic E-state index is 11.7. The molecule has 1 fully saturated rings. The van der Waals surface area contributed by atoms with Crippen molar-refractivity contribution in [2.75, 3.05) is 6.61 Å². The van der Waals surface area contributed by atoms with Crippen LogP contribution in [0.1, 0.15) is 19.8 Å². The molecule has 27 heavy (non-hydrogen) atoms. The third-order valence-corrected chi connectivity index (χ3v) is 5.44. The summed E-state index contributed by atoms with van der Waals surface area (Å²) in [6.45, 7) is 2.48. The molecule has 6 heteroatoms. The molecule has 6 nitrogen and oxygen atoms in total. The van der Waals surface area contributed by atoms with Crippen molar-refractivity contribution in [3.05, 3.63) is 48.7 Å². The molecule has 4 aromatic rings. The minimum absolute atomic E-state index is 0.0630. The van der Waals surface area contributed by atoms with Gasteiger partial charge in [0.25, 0.3) is 0 Å². The summed E-state index contributed by atoms with van der Waals surface area (Å²) in [6, 6.07) is 13.5. The fourth-order valence-electron chi connectivity index (χ4n) is 3.70. The smallest absolute Gasteiger partial charge is 0.231 e. The van der Waals surface area contributed by atoms with Gasteiger partial charge in [-0.25, -0.2) is 9.50 Å². The zero-order valence-electron chi connectivity index (χ0n) is 15.0. The van der Waals surface area contributed by atoms with Gasteiger partial charge in [-0.3, -0.25) is 4.79 Å². The Morgan fingerprint density at radius 3 is 2.96 bits per heavy atom. The van der Waals surface area contributed by atoms with E-state index in [4.69, 9.17) is 9.15 Å². The number of ketones is 1. The molecule has 1 unspecified atom stereocenters. The first-order chi connectivity index (χ1) is 13.2. The molecule has 3 aromatic heterocycles. The van der Waals surface area contributed by atoms with Crippen molar-refractivity contribution in [3.8, 4) is 17.3 Å². The molecule has 0 saturated heterocycles. The van der Waals surface area contributed by atoms with E-state index >= 15 is 0 Å². The summed E-state index contributed by atoms with van der Waals surface area (Å²) in [5.41, 5.74) is 2.33. The summed E-state index contributed by atoms with van der Waals surface area (Å²) in [4.78, 5) is 16.1. The highest BCUT2D eigenvalue weighted by molar-refractivity contribution is 5.83. The van der Waals surface area contributed by atoms with Crippen molar-refractivity contribution >= 4 is 22.4 Å². The quantitative estimate of drug-likeness (QED) is 0.546. The van der Waals surface area contributed by atoms with E-state index in [2.05, 4.69) is 10.1 Å². The topological polar surface area (TPSA) is 69.6 Å². The second-order valence-electron chi connectivity index (χ2n) is 7.10. The van der Waals surface area contributed by atoms with E-state index in [1.807, 2.05) is 49.4 Å². The first kappa shape index (κ1) is 16.1. The predicted octanol–water partition coefficient (Wildman–Crippen LogP) is 4.14. The Hall–Kier alpha value is -3.15. The van der Waals surface area contributed by atoms with E-state index in [1.165, 1.54) is 0 Å². The van der Waals surface area contributed by atoms with Crippen LogP contribution in [0.5, 0.6) is 5.88 Å². The number of rotatable bonds is 4. The third kappa shape index (κ3) is 2.77. The molecule has 0 N–H and O–H groups in total. The summed E-state index contributed by atoms with van der Waals surface area (Å²) in [5.74, 6) is 1.88. The summed E-state index contributed by atoms with van der Waals surface area (Å²) in [6.07, 6.45) is 3.29. The monoisotopic (exact) mass is 361 g/mol. The highest BCUT2D eigenvalue weighted by Crippen LogP contribution is 2.30. The highest BCUT2D eigenvalue weighted by atomic mass is 16.5. The van der Waals surface area contributed by atoms with Crippen molar-refractivity contribution < 1.29 is 13.9 Å². The first-order valence-electron chi connectivity index (χ1n) is 9.18. The number of fused-ring (bicyclic) bond motifs is 2. The van der Waals surface area contributed by atoms with Crippen LogP contribution in [0, 0.1) is 11.8 Å². The van der Waals surface area contributed by atoms with E-state index < -0.39 is 0 Å². The van der Waals surface area contributed by atoms with E-state index in [0.29, 0.717) is 30.5 Å². The molecule has 0 aliphatic heterocycles. The van der Waals surface area contributed by atoms with Crippen LogP contribution in [0.3, 0.4) is 0 Å². The zero-order chi connectivity index (χ0) is 18.4. The van der Waals surface area contributed by atoms with E-state index in [9.17, 15) is 4.79 Å². The maximum atomic E-state index is 11.7. The summed E-state index contributed by atoms with van der Waals surface area (Å²) >= 11 is 0. The van der Waals surface area contributed by atoms with Crippen LogP contribution in [0.2, 0.25) is 0 Å². The SMILES string of the molecule is CC1C(=O)CC[C@H]1COc1ccc2ncc(-c3cc4ccccc4o3)n2n1. The van der Waals surface area contributed by atoms with Crippen LogP contribution < -0.4 is 4.74 Å². The second kappa shape index (κ2) is 6.23. The molecular weight excluding hydrogens is 342 g/mol. The Bertz CT molecular complexity index is 1110. The van der Waals surface area contributed by atoms with Gasteiger partial charge in [0.05, 0.1) is 12.8 Å². The molecule has 3 heterocycles. The van der Waals surface area contributed by atoms with Gasteiger partial charge in [-0.2, -0.15) is 0 Å². The Kier molecular flexibility index (Phi) is 3.70. The fraction of sp³-hybridized carbons (Fsp3) is 0.286. The largest absolute Gasteiger partial charge is 0.476 e. The summed E-state index contributed by atoms with van der Waals surface area (Å²) in [5, 5.41) is 5.61. The highest BCUT2D eigenvalue weighted by Gasteiger charge is 2.31. The second-order valence-corrected chi connectivity index (χ2v) is 7.10. The van der Waals surface area contributed by atoms with Crippen LogP contribution in [-0.4, -0.2) is 27.0 Å². The van der Waals surface area contributed by atoms with E-state index in [-0.39, 0.29) is 11.8 Å². The van der Waals surface area contributed by atoms with Crippen molar-refractivity contribution in [1.82, 2.24) is 14.6 Å². The first-order valence-corrected chi connectivity index (χ1v) is 9.18.